The highest BCUT2D eigenvalue weighted by atomic mass is 35.5. The molecule has 2 atom stereocenters. The summed E-state index contributed by atoms with van der Waals surface area (Å²) >= 11 is 5.94. The van der Waals surface area contributed by atoms with E-state index in [1.807, 2.05) is 17.0 Å². The summed E-state index contributed by atoms with van der Waals surface area (Å²) in [5, 5.41) is 4.04. The van der Waals surface area contributed by atoms with Gasteiger partial charge in [-0.2, -0.15) is 0 Å². The van der Waals surface area contributed by atoms with Gasteiger partial charge in [-0.05, 0) is 49.5 Å². The molecule has 104 valence electrons. The molecule has 2 unspecified atom stereocenters. The standard InChI is InChI=1S/C14H17ClN2O.ClH/c15-13-3-1-2-10(6-13)14(18)17-5-4-11-7-16-8-12(11)9-17;/h1-3,6,11-12,16H,4-5,7-9H2;1H. The Morgan fingerprint density at radius 3 is 2.89 bits per heavy atom. The summed E-state index contributed by atoms with van der Waals surface area (Å²) in [7, 11) is 0. The molecule has 3 rings (SSSR count). The van der Waals surface area contributed by atoms with Crippen molar-refractivity contribution in [1.29, 1.82) is 0 Å². The zero-order chi connectivity index (χ0) is 12.5. The lowest BCUT2D eigenvalue weighted by molar-refractivity contribution is 0.0642. The molecule has 0 bridgehead atoms. The Kier molecular flexibility index (Phi) is 4.71. The van der Waals surface area contributed by atoms with Crippen LogP contribution in [0.5, 0.6) is 0 Å². The minimum absolute atomic E-state index is 0. The molecule has 0 spiro atoms. The first-order valence-electron chi connectivity index (χ1n) is 6.49. The molecule has 0 radical (unpaired) electrons. The Morgan fingerprint density at radius 2 is 2.11 bits per heavy atom. The smallest absolute Gasteiger partial charge is 0.253 e. The van der Waals surface area contributed by atoms with Crippen molar-refractivity contribution in [2.45, 2.75) is 6.42 Å². The molecule has 2 saturated heterocycles. The van der Waals surface area contributed by atoms with Crippen molar-refractivity contribution < 1.29 is 4.79 Å². The number of piperidine rings is 1. The Labute approximate surface area is 124 Å². The van der Waals surface area contributed by atoms with Crippen molar-refractivity contribution in [1.82, 2.24) is 10.2 Å². The van der Waals surface area contributed by atoms with Crippen LogP contribution in [-0.4, -0.2) is 37.0 Å². The number of fused-ring (bicyclic) bond motifs is 1. The summed E-state index contributed by atoms with van der Waals surface area (Å²) in [5.74, 6) is 1.50. The number of carbonyl (C=O) groups is 1. The van der Waals surface area contributed by atoms with Crippen LogP contribution < -0.4 is 5.32 Å². The Morgan fingerprint density at radius 1 is 1.32 bits per heavy atom. The zero-order valence-corrected chi connectivity index (χ0v) is 12.2. The largest absolute Gasteiger partial charge is 0.338 e. The van der Waals surface area contributed by atoms with Gasteiger partial charge in [0.2, 0.25) is 0 Å². The van der Waals surface area contributed by atoms with E-state index in [9.17, 15) is 4.79 Å². The fourth-order valence-electron chi connectivity index (χ4n) is 3.02. The van der Waals surface area contributed by atoms with Crippen LogP contribution in [0.25, 0.3) is 0 Å². The van der Waals surface area contributed by atoms with Gasteiger partial charge in [0.1, 0.15) is 0 Å². The van der Waals surface area contributed by atoms with Crippen LogP contribution in [0.1, 0.15) is 16.8 Å². The number of rotatable bonds is 1. The number of likely N-dealkylation sites (tertiary alicyclic amines) is 1. The molecule has 5 heteroatoms. The van der Waals surface area contributed by atoms with Gasteiger partial charge in [-0.3, -0.25) is 4.79 Å². The minimum Gasteiger partial charge on any atom is -0.338 e. The molecule has 2 aliphatic heterocycles. The second kappa shape index (κ2) is 6.12. The van der Waals surface area contributed by atoms with Crippen LogP contribution in [0.15, 0.2) is 24.3 Å². The average molecular weight is 301 g/mol. The van der Waals surface area contributed by atoms with Crippen LogP contribution in [0.3, 0.4) is 0 Å². The first-order valence-corrected chi connectivity index (χ1v) is 6.87. The number of nitrogens with one attached hydrogen (secondary N) is 1. The van der Waals surface area contributed by atoms with E-state index in [-0.39, 0.29) is 18.3 Å². The SMILES string of the molecule is Cl.O=C(c1cccc(Cl)c1)N1CCC2CNCC2C1. The van der Waals surface area contributed by atoms with E-state index < -0.39 is 0 Å². The highest BCUT2D eigenvalue weighted by molar-refractivity contribution is 6.30. The number of carbonyl (C=O) groups excluding carboxylic acids is 1. The number of nitrogens with zero attached hydrogens (tertiary/aromatic N) is 1. The summed E-state index contributed by atoms with van der Waals surface area (Å²) < 4.78 is 0. The highest BCUT2D eigenvalue weighted by Crippen LogP contribution is 2.27. The maximum absolute atomic E-state index is 12.4. The predicted octanol–water partition coefficient (Wildman–Crippen LogP) is 2.44. The minimum atomic E-state index is 0. The number of benzene rings is 1. The van der Waals surface area contributed by atoms with Crippen LogP contribution in [-0.2, 0) is 0 Å². The summed E-state index contributed by atoms with van der Waals surface area (Å²) in [5.41, 5.74) is 0.701. The van der Waals surface area contributed by atoms with E-state index in [1.165, 1.54) is 0 Å². The van der Waals surface area contributed by atoms with Gasteiger partial charge in [-0.15, -0.1) is 12.4 Å². The number of hydrogen-bond acceptors (Lipinski definition) is 2. The van der Waals surface area contributed by atoms with E-state index in [2.05, 4.69) is 5.32 Å². The average Bonchev–Trinajstić information content (AvgIpc) is 2.85. The summed E-state index contributed by atoms with van der Waals surface area (Å²) in [6, 6.07) is 7.22. The third kappa shape index (κ3) is 3.04. The molecule has 1 N–H and O–H groups in total. The van der Waals surface area contributed by atoms with Gasteiger partial charge in [0.25, 0.3) is 5.91 Å². The molecule has 0 aromatic heterocycles. The third-order valence-corrected chi connectivity index (χ3v) is 4.30. The van der Waals surface area contributed by atoms with Gasteiger partial charge in [0.15, 0.2) is 0 Å². The zero-order valence-electron chi connectivity index (χ0n) is 10.6. The maximum Gasteiger partial charge on any atom is 0.253 e. The summed E-state index contributed by atoms with van der Waals surface area (Å²) in [6.45, 7) is 3.91. The van der Waals surface area contributed by atoms with Crippen LogP contribution in [0.2, 0.25) is 5.02 Å². The van der Waals surface area contributed by atoms with E-state index in [4.69, 9.17) is 11.6 Å². The lowest BCUT2D eigenvalue weighted by Crippen LogP contribution is -2.43. The first kappa shape index (κ1) is 14.6. The molecule has 1 aromatic rings. The quantitative estimate of drug-likeness (QED) is 0.864. The molecule has 1 aromatic carbocycles. The topological polar surface area (TPSA) is 32.3 Å². The van der Waals surface area contributed by atoms with Crippen molar-refractivity contribution in [3.05, 3.63) is 34.9 Å². The van der Waals surface area contributed by atoms with E-state index in [0.717, 1.165) is 38.5 Å². The number of halogens is 2. The highest BCUT2D eigenvalue weighted by Gasteiger charge is 2.34. The van der Waals surface area contributed by atoms with Crippen LogP contribution in [0.4, 0.5) is 0 Å². The third-order valence-electron chi connectivity index (χ3n) is 4.06. The molecular formula is C14H18Cl2N2O. The second-order valence-corrected chi connectivity index (χ2v) is 5.67. The van der Waals surface area contributed by atoms with Crippen LogP contribution in [0, 0.1) is 11.8 Å². The van der Waals surface area contributed by atoms with Crippen molar-refractivity contribution in [2.24, 2.45) is 11.8 Å². The Bertz CT molecular complexity index is 467. The fourth-order valence-corrected chi connectivity index (χ4v) is 3.21. The maximum atomic E-state index is 12.4. The lowest BCUT2D eigenvalue weighted by atomic mass is 9.88. The summed E-state index contributed by atoms with van der Waals surface area (Å²) in [6.07, 6.45) is 1.12. The predicted molar refractivity (Wildman–Crippen MR) is 79.1 cm³/mol. The monoisotopic (exact) mass is 300 g/mol. The van der Waals surface area contributed by atoms with E-state index in [1.54, 1.807) is 12.1 Å². The number of amides is 1. The fraction of sp³-hybridized carbons (Fsp3) is 0.500. The Hall–Kier alpha value is -0.770. The van der Waals surface area contributed by atoms with Gasteiger partial charge in [-0.25, -0.2) is 0 Å². The Balaban J connectivity index is 0.00000133. The summed E-state index contributed by atoms with van der Waals surface area (Å²) in [4.78, 5) is 14.4. The molecule has 0 aliphatic carbocycles. The van der Waals surface area contributed by atoms with Gasteiger partial charge in [0, 0.05) is 23.7 Å². The molecular weight excluding hydrogens is 283 g/mol. The molecule has 0 saturated carbocycles. The van der Waals surface area contributed by atoms with Crippen LogP contribution >= 0.6 is 24.0 Å². The molecule has 3 nitrogen and oxygen atoms in total. The second-order valence-electron chi connectivity index (χ2n) is 5.23. The van der Waals surface area contributed by atoms with Crippen molar-refractivity contribution in [2.75, 3.05) is 26.2 Å². The van der Waals surface area contributed by atoms with Gasteiger partial charge in [-0.1, -0.05) is 17.7 Å². The van der Waals surface area contributed by atoms with Crippen molar-refractivity contribution in [3.63, 3.8) is 0 Å². The molecule has 1 amide bonds. The lowest BCUT2D eigenvalue weighted by Gasteiger charge is -2.34. The first-order chi connectivity index (χ1) is 8.74. The molecule has 2 fully saturated rings. The van der Waals surface area contributed by atoms with Gasteiger partial charge < -0.3 is 10.2 Å². The van der Waals surface area contributed by atoms with Crippen molar-refractivity contribution in [3.8, 4) is 0 Å². The molecule has 19 heavy (non-hydrogen) atoms. The molecule has 2 heterocycles. The van der Waals surface area contributed by atoms with E-state index >= 15 is 0 Å². The van der Waals surface area contributed by atoms with Gasteiger partial charge >= 0.3 is 0 Å². The normalized spacial score (nSPS) is 25.6. The molecule has 2 aliphatic rings. The van der Waals surface area contributed by atoms with E-state index in [0.29, 0.717) is 16.5 Å². The van der Waals surface area contributed by atoms with Gasteiger partial charge in [0.05, 0.1) is 0 Å². The van der Waals surface area contributed by atoms with Crippen molar-refractivity contribution >= 4 is 29.9 Å². The number of hydrogen-bond donors (Lipinski definition) is 1.